The molecule has 0 aliphatic carbocycles. The smallest absolute Gasteiger partial charge is 0.191 e. The standard InChI is InChI=1S/C20H18Cl2N2O3/c1-26-18-5-11-3-4-24(10-12(11)6-19(18)27-2)20-9-17(25)13-7-14(21)15(22)8-16(13)23-20/h5-9H,3-4,10H2,1-2H3,(H,23,25). The van der Waals surface area contributed by atoms with Crippen molar-refractivity contribution in [1.29, 1.82) is 0 Å². The molecule has 0 atom stereocenters. The average molecular weight is 405 g/mol. The Morgan fingerprint density at radius 1 is 0.963 bits per heavy atom. The van der Waals surface area contributed by atoms with Gasteiger partial charge in [0.25, 0.3) is 0 Å². The zero-order chi connectivity index (χ0) is 19.1. The Morgan fingerprint density at radius 3 is 2.33 bits per heavy atom. The molecular formula is C20H18Cl2N2O3. The predicted molar refractivity (Wildman–Crippen MR) is 109 cm³/mol. The van der Waals surface area contributed by atoms with E-state index in [0.717, 1.165) is 30.1 Å². The number of halogens is 2. The third-order valence-electron chi connectivity index (χ3n) is 4.92. The number of ether oxygens (including phenoxy) is 2. The largest absolute Gasteiger partial charge is 0.493 e. The van der Waals surface area contributed by atoms with E-state index in [2.05, 4.69) is 9.88 Å². The van der Waals surface area contributed by atoms with Crippen molar-refractivity contribution < 1.29 is 9.47 Å². The van der Waals surface area contributed by atoms with Gasteiger partial charge in [-0.3, -0.25) is 4.79 Å². The highest BCUT2D eigenvalue weighted by Gasteiger charge is 2.21. The quantitative estimate of drug-likeness (QED) is 0.701. The second-order valence-electron chi connectivity index (χ2n) is 6.48. The lowest BCUT2D eigenvalue weighted by Gasteiger charge is -2.31. The van der Waals surface area contributed by atoms with Crippen LogP contribution in [0.3, 0.4) is 0 Å². The van der Waals surface area contributed by atoms with E-state index in [0.29, 0.717) is 33.2 Å². The summed E-state index contributed by atoms with van der Waals surface area (Å²) in [6.07, 6.45) is 0.844. The van der Waals surface area contributed by atoms with Gasteiger partial charge in [0, 0.05) is 24.5 Å². The monoisotopic (exact) mass is 404 g/mol. The predicted octanol–water partition coefficient (Wildman–Crippen LogP) is 4.41. The van der Waals surface area contributed by atoms with E-state index in [9.17, 15) is 4.79 Å². The van der Waals surface area contributed by atoms with Gasteiger partial charge in [-0.2, -0.15) is 0 Å². The van der Waals surface area contributed by atoms with E-state index in [-0.39, 0.29) is 5.43 Å². The first-order chi connectivity index (χ1) is 13.0. The highest BCUT2D eigenvalue weighted by molar-refractivity contribution is 6.42. The highest BCUT2D eigenvalue weighted by atomic mass is 35.5. The van der Waals surface area contributed by atoms with Crippen LogP contribution in [0.2, 0.25) is 10.0 Å². The molecule has 3 aromatic rings. The molecule has 7 heteroatoms. The summed E-state index contributed by atoms with van der Waals surface area (Å²) in [5.74, 6) is 2.19. The number of pyridine rings is 1. The fourth-order valence-electron chi connectivity index (χ4n) is 3.49. The third kappa shape index (κ3) is 3.22. The van der Waals surface area contributed by atoms with Crippen LogP contribution in [0.4, 0.5) is 5.82 Å². The number of hydrogen-bond acceptors (Lipinski definition) is 4. The molecule has 0 spiro atoms. The van der Waals surface area contributed by atoms with Crippen molar-refractivity contribution in [3.63, 3.8) is 0 Å². The van der Waals surface area contributed by atoms with Gasteiger partial charge in [-0.15, -0.1) is 0 Å². The van der Waals surface area contributed by atoms with Crippen LogP contribution < -0.4 is 19.8 Å². The summed E-state index contributed by atoms with van der Waals surface area (Å²) < 4.78 is 10.8. The van der Waals surface area contributed by atoms with Gasteiger partial charge in [0.15, 0.2) is 16.9 Å². The molecule has 0 amide bonds. The molecule has 1 aliphatic heterocycles. The minimum absolute atomic E-state index is 0.0876. The van der Waals surface area contributed by atoms with Crippen molar-refractivity contribution in [1.82, 2.24) is 4.98 Å². The van der Waals surface area contributed by atoms with E-state index in [1.165, 1.54) is 5.56 Å². The van der Waals surface area contributed by atoms with E-state index in [1.54, 1.807) is 32.4 Å². The van der Waals surface area contributed by atoms with Crippen LogP contribution in [0.15, 0.2) is 35.1 Å². The lowest BCUT2D eigenvalue weighted by molar-refractivity contribution is 0.353. The Kier molecular flexibility index (Phi) is 4.66. The van der Waals surface area contributed by atoms with Gasteiger partial charge < -0.3 is 19.4 Å². The fraction of sp³-hybridized carbons (Fsp3) is 0.250. The van der Waals surface area contributed by atoms with Crippen molar-refractivity contribution >= 4 is 39.9 Å². The number of methoxy groups -OCH3 is 2. The number of fused-ring (bicyclic) bond motifs is 2. The first-order valence-electron chi connectivity index (χ1n) is 8.51. The minimum atomic E-state index is -0.0876. The molecule has 140 valence electrons. The average Bonchev–Trinajstić information content (AvgIpc) is 2.67. The number of anilines is 1. The number of hydrogen-bond donors (Lipinski definition) is 1. The van der Waals surface area contributed by atoms with Crippen LogP contribution in [0.5, 0.6) is 11.5 Å². The van der Waals surface area contributed by atoms with Gasteiger partial charge in [-0.05, 0) is 41.8 Å². The van der Waals surface area contributed by atoms with Crippen LogP contribution in [-0.2, 0) is 13.0 Å². The summed E-state index contributed by atoms with van der Waals surface area (Å²) in [5.41, 5.74) is 2.95. The summed E-state index contributed by atoms with van der Waals surface area (Å²) in [5, 5.41) is 1.31. The Labute approximate surface area is 166 Å². The molecule has 0 bridgehead atoms. The van der Waals surface area contributed by atoms with E-state index >= 15 is 0 Å². The zero-order valence-electron chi connectivity index (χ0n) is 14.9. The zero-order valence-corrected chi connectivity index (χ0v) is 16.4. The Balaban J connectivity index is 1.73. The van der Waals surface area contributed by atoms with Crippen LogP contribution >= 0.6 is 23.2 Å². The molecule has 2 aromatic carbocycles. The van der Waals surface area contributed by atoms with Gasteiger partial charge >= 0.3 is 0 Å². The minimum Gasteiger partial charge on any atom is -0.493 e. The lowest BCUT2D eigenvalue weighted by Crippen LogP contribution is -2.31. The van der Waals surface area contributed by atoms with Crippen LogP contribution in [-0.4, -0.2) is 25.7 Å². The Bertz CT molecular complexity index is 1090. The highest BCUT2D eigenvalue weighted by Crippen LogP contribution is 2.34. The SMILES string of the molecule is COc1cc2c(cc1OC)CN(c1cc(=O)c3cc(Cl)c(Cl)cc3[nH]1)CC2. The van der Waals surface area contributed by atoms with Crippen LogP contribution in [0.25, 0.3) is 10.9 Å². The maximum Gasteiger partial charge on any atom is 0.191 e. The lowest BCUT2D eigenvalue weighted by atomic mass is 9.98. The molecule has 0 unspecified atom stereocenters. The molecule has 5 nitrogen and oxygen atoms in total. The number of aromatic amines is 1. The van der Waals surface area contributed by atoms with Gasteiger partial charge in [0.1, 0.15) is 5.82 Å². The fourth-order valence-corrected chi connectivity index (χ4v) is 3.82. The van der Waals surface area contributed by atoms with Crippen molar-refractivity contribution in [2.75, 3.05) is 25.7 Å². The third-order valence-corrected chi connectivity index (χ3v) is 5.64. The number of benzene rings is 2. The van der Waals surface area contributed by atoms with Crippen LogP contribution in [0.1, 0.15) is 11.1 Å². The van der Waals surface area contributed by atoms with E-state index in [4.69, 9.17) is 32.7 Å². The number of nitrogens with one attached hydrogen (secondary N) is 1. The molecule has 4 rings (SSSR count). The molecule has 2 heterocycles. The molecule has 1 aliphatic rings. The summed E-state index contributed by atoms with van der Waals surface area (Å²) in [4.78, 5) is 18.0. The Morgan fingerprint density at radius 2 is 1.63 bits per heavy atom. The van der Waals surface area contributed by atoms with E-state index < -0.39 is 0 Å². The maximum absolute atomic E-state index is 12.6. The second-order valence-corrected chi connectivity index (χ2v) is 7.29. The molecule has 0 fully saturated rings. The summed E-state index contributed by atoms with van der Waals surface area (Å²) in [7, 11) is 3.26. The molecule has 27 heavy (non-hydrogen) atoms. The summed E-state index contributed by atoms with van der Waals surface area (Å²) >= 11 is 12.2. The van der Waals surface area contributed by atoms with Gasteiger partial charge in [0.2, 0.25) is 0 Å². The first-order valence-corrected chi connectivity index (χ1v) is 9.26. The molecule has 1 aromatic heterocycles. The Hall–Kier alpha value is -2.37. The van der Waals surface area contributed by atoms with Crippen LogP contribution in [0, 0.1) is 0 Å². The summed E-state index contributed by atoms with van der Waals surface area (Å²) in [6.45, 7) is 1.45. The van der Waals surface area contributed by atoms with Gasteiger partial charge in [0.05, 0.1) is 29.8 Å². The van der Waals surface area contributed by atoms with Crippen molar-refractivity contribution in [3.8, 4) is 11.5 Å². The van der Waals surface area contributed by atoms with Crippen molar-refractivity contribution in [3.05, 3.63) is 61.7 Å². The molecule has 1 N–H and O–H groups in total. The van der Waals surface area contributed by atoms with Crippen molar-refractivity contribution in [2.24, 2.45) is 0 Å². The van der Waals surface area contributed by atoms with Gasteiger partial charge in [-0.25, -0.2) is 0 Å². The van der Waals surface area contributed by atoms with Gasteiger partial charge in [-0.1, -0.05) is 23.2 Å². The first kappa shape index (κ1) is 18.0. The number of aromatic nitrogens is 1. The molecule has 0 saturated heterocycles. The molecule has 0 saturated carbocycles. The molecule has 0 radical (unpaired) electrons. The van der Waals surface area contributed by atoms with E-state index in [1.807, 2.05) is 12.1 Å². The normalized spacial score (nSPS) is 13.6. The topological polar surface area (TPSA) is 54.6 Å². The second kappa shape index (κ2) is 6.98. The molecular weight excluding hydrogens is 387 g/mol. The number of nitrogens with zero attached hydrogens (tertiary/aromatic N) is 1. The summed E-state index contributed by atoms with van der Waals surface area (Å²) in [6, 6.07) is 8.92. The van der Waals surface area contributed by atoms with Crippen molar-refractivity contribution in [2.45, 2.75) is 13.0 Å². The number of H-pyrrole nitrogens is 1. The maximum atomic E-state index is 12.6. The number of rotatable bonds is 3.